The van der Waals surface area contributed by atoms with Gasteiger partial charge in [-0.25, -0.2) is 4.98 Å². The van der Waals surface area contributed by atoms with E-state index < -0.39 is 0 Å². The molecule has 1 heterocycles. The lowest BCUT2D eigenvalue weighted by Gasteiger charge is -2.08. The summed E-state index contributed by atoms with van der Waals surface area (Å²) in [5, 5.41) is 7.09. The molecule has 0 saturated heterocycles. The van der Waals surface area contributed by atoms with Crippen molar-refractivity contribution in [1.29, 1.82) is 0 Å². The van der Waals surface area contributed by atoms with Gasteiger partial charge in [0.2, 0.25) is 0 Å². The number of thioether (sulfide) groups is 1. The fourth-order valence-electron chi connectivity index (χ4n) is 2.32. The van der Waals surface area contributed by atoms with E-state index in [4.69, 9.17) is 11.6 Å². The minimum atomic E-state index is 0.739. The van der Waals surface area contributed by atoms with Gasteiger partial charge in [0.15, 0.2) is 5.13 Å². The summed E-state index contributed by atoms with van der Waals surface area (Å²) in [5.41, 5.74) is 4.49. The lowest BCUT2D eigenvalue weighted by atomic mass is 10.1. The minimum absolute atomic E-state index is 0.739. The Morgan fingerprint density at radius 3 is 2.65 bits per heavy atom. The maximum atomic E-state index is 5.93. The number of benzene rings is 2. The lowest BCUT2D eigenvalue weighted by molar-refractivity contribution is 1.08. The molecule has 0 fully saturated rings. The van der Waals surface area contributed by atoms with Crippen molar-refractivity contribution in [3.63, 3.8) is 0 Å². The summed E-state index contributed by atoms with van der Waals surface area (Å²) in [6.45, 7) is 2.18. The van der Waals surface area contributed by atoms with Crippen molar-refractivity contribution in [2.24, 2.45) is 0 Å². The topological polar surface area (TPSA) is 24.9 Å². The van der Waals surface area contributed by atoms with E-state index in [-0.39, 0.29) is 0 Å². The monoisotopic (exact) mass is 360 g/mol. The highest BCUT2D eigenvalue weighted by Crippen LogP contribution is 2.30. The van der Waals surface area contributed by atoms with Crippen molar-refractivity contribution in [1.82, 2.24) is 4.98 Å². The molecule has 2 aromatic carbocycles. The summed E-state index contributed by atoms with van der Waals surface area (Å²) in [6, 6.07) is 14.2. The van der Waals surface area contributed by atoms with Crippen molar-refractivity contribution in [2.45, 2.75) is 18.2 Å². The van der Waals surface area contributed by atoms with Crippen LogP contribution in [0.25, 0.3) is 11.3 Å². The van der Waals surface area contributed by atoms with Crippen LogP contribution in [0.3, 0.4) is 0 Å². The zero-order valence-electron chi connectivity index (χ0n) is 13.0. The van der Waals surface area contributed by atoms with E-state index in [0.717, 1.165) is 33.5 Å². The standard InChI is InChI=1S/C18H17ClN2S2/c1-3-12-6-9-15(10-17(12)22-2)20-18-21-16(11-23-18)13-4-7-14(19)8-5-13/h4-11H,3H2,1-2H3,(H,20,21). The maximum absolute atomic E-state index is 5.93. The molecule has 0 bridgehead atoms. The average Bonchev–Trinajstić information content (AvgIpc) is 3.04. The highest BCUT2D eigenvalue weighted by molar-refractivity contribution is 7.98. The van der Waals surface area contributed by atoms with E-state index in [2.05, 4.69) is 47.1 Å². The number of hydrogen-bond donors (Lipinski definition) is 1. The van der Waals surface area contributed by atoms with Gasteiger partial charge in [-0.1, -0.05) is 36.7 Å². The van der Waals surface area contributed by atoms with Gasteiger partial charge in [-0.3, -0.25) is 0 Å². The molecule has 1 aromatic heterocycles. The summed E-state index contributed by atoms with van der Waals surface area (Å²) in [5.74, 6) is 0. The summed E-state index contributed by atoms with van der Waals surface area (Å²) in [4.78, 5) is 5.97. The van der Waals surface area contributed by atoms with Crippen LogP contribution < -0.4 is 5.32 Å². The normalized spacial score (nSPS) is 10.7. The SMILES string of the molecule is CCc1ccc(Nc2nc(-c3ccc(Cl)cc3)cs2)cc1SC. The first-order chi connectivity index (χ1) is 11.2. The number of hydrogen-bond acceptors (Lipinski definition) is 4. The van der Waals surface area contributed by atoms with Crippen LogP contribution in [0.1, 0.15) is 12.5 Å². The van der Waals surface area contributed by atoms with E-state index in [0.29, 0.717) is 0 Å². The third-order valence-corrected chi connectivity index (χ3v) is 5.39. The Bertz CT molecular complexity index is 797. The summed E-state index contributed by atoms with van der Waals surface area (Å²) in [7, 11) is 0. The first-order valence-electron chi connectivity index (χ1n) is 7.35. The molecule has 1 N–H and O–H groups in total. The molecule has 0 amide bonds. The highest BCUT2D eigenvalue weighted by Gasteiger charge is 2.07. The van der Waals surface area contributed by atoms with E-state index in [1.807, 2.05) is 24.3 Å². The average molecular weight is 361 g/mol. The van der Waals surface area contributed by atoms with Gasteiger partial charge in [0.25, 0.3) is 0 Å². The predicted molar refractivity (Wildman–Crippen MR) is 103 cm³/mol. The van der Waals surface area contributed by atoms with Crippen LogP contribution in [0, 0.1) is 0 Å². The van der Waals surface area contributed by atoms with E-state index in [9.17, 15) is 0 Å². The van der Waals surface area contributed by atoms with E-state index in [1.54, 1.807) is 23.1 Å². The Morgan fingerprint density at radius 1 is 1.17 bits per heavy atom. The van der Waals surface area contributed by atoms with Gasteiger partial charge in [-0.05, 0) is 42.5 Å². The Hall–Kier alpha value is -1.49. The minimum Gasteiger partial charge on any atom is -0.332 e. The van der Waals surface area contributed by atoms with Gasteiger partial charge >= 0.3 is 0 Å². The Morgan fingerprint density at radius 2 is 1.96 bits per heavy atom. The van der Waals surface area contributed by atoms with Crippen LogP contribution >= 0.6 is 34.7 Å². The predicted octanol–water partition coefficient (Wildman–Crippen LogP) is 6.49. The van der Waals surface area contributed by atoms with Gasteiger partial charge in [0.05, 0.1) is 5.69 Å². The second kappa shape index (κ2) is 7.39. The molecule has 0 saturated carbocycles. The number of thiazole rings is 1. The number of nitrogens with zero attached hydrogens (tertiary/aromatic N) is 1. The fraction of sp³-hybridized carbons (Fsp3) is 0.167. The Balaban J connectivity index is 1.80. The fourth-order valence-corrected chi connectivity index (χ4v) is 3.91. The number of halogens is 1. The molecule has 0 aliphatic rings. The van der Waals surface area contributed by atoms with Crippen LogP contribution in [0.5, 0.6) is 0 Å². The second-order valence-electron chi connectivity index (χ2n) is 5.05. The van der Waals surface area contributed by atoms with Crippen molar-refractivity contribution >= 4 is 45.5 Å². The largest absolute Gasteiger partial charge is 0.332 e. The second-order valence-corrected chi connectivity index (χ2v) is 7.19. The smallest absolute Gasteiger partial charge is 0.187 e. The van der Waals surface area contributed by atoms with Gasteiger partial charge < -0.3 is 5.32 Å². The van der Waals surface area contributed by atoms with Crippen LogP contribution in [-0.4, -0.2) is 11.2 Å². The molecular formula is C18H17ClN2S2. The summed E-state index contributed by atoms with van der Waals surface area (Å²) in [6.07, 6.45) is 3.16. The zero-order chi connectivity index (χ0) is 16.2. The van der Waals surface area contributed by atoms with Gasteiger partial charge in [0, 0.05) is 26.5 Å². The van der Waals surface area contributed by atoms with E-state index >= 15 is 0 Å². The molecule has 2 nitrogen and oxygen atoms in total. The lowest BCUT2D eigenvalue weighted by Crippen LogP contribution is -1.92. The molecule has 118 valence electrons. The van der Waals surface area contributed by atoms with Crippen LogP contribution in [0.4, 0.5) is 10.8 Å². The van der Waals surface area contributed by atoms with Crippen LogP contribution in [0.2, 0.25) is 5.02 Å². The van der Waals surface area contributed by atoms with Gasteiger partial charge in [0.1, 0.15) is 0 Å². The molecule has 5 heteroatoms. The Labute approximate surface area is 149 Å². The first-order valence-corrected chi connectivity index (χ1v) is 9.83. The number of aryl methyl sites for hydroxylation is 1. The third kappa shape index (κ3) is 3.89. The van der Waals surface area contributed by atoms with Crippen molar-refractivity contribution in [3.05, 3.63) is 58.4 Å². The van der Waals surface area contributed by atoms with E-state index in [1.165, 1.54) is 10.5 Å². The summed E-state index contributed by atoms with van der Waals surface area (Å²) >= 11 is 9.32. The molecule has 3 aromatic rings. The highest BCUT2D eigenvalue weighted by atomic mass is 35.5. The van der Waals surface area contributed by atoms with Crippen molar-refractivity contribution < 1.29 is 0 Å². The molecule has 23 heavy (non-hydrogen) atoms. The molecule has 0 radical (unpaired) electrons. The first kappa shape index (κ1) is 16.4. The summed E-state index contributed by atoms with van der Waals surface area (Å²) < 4.78 is 0. The Kier molecular flexibility index (Phi) is 5.26. The molecule has 3 rings (SSSR count). The number of rotatable bonds is 5. The molecule has 0 aliphatic carbocycles. The van der Waals surface area contributed by atoms with Crippen molar-refractivity contribution in [2.75, 3.05) is 11.6 Å². The maximum Gasteiger partial charge on any atom is 0.187 e. The van der Waals surface area contributed by atoms with Crippen molar-refractivity contribution in [3.8, 4) is 11.3 Å². The molecule has 0 aliphatic heterocycles. The van der Waals surface area contributed by atoms with Gasteiger partial charge in [-0.2, -0.15) is 0 Å². The number of nitrogens with one attached hydrogen (secondary N) is 1. The van der Waals surface area contributed by atoms with Crippen LogP contribution in [0.15, 0.2) is 52.7 Å². The zero-order valence-corrected chi connectivity index (χ0v) is 15.4. The van der Waals surface area contributed by atoms with Crippen LogP contribution in [-0.2, 0) is 6.42 Å². The number of anilines is 2. The molecular weight excluding hydrogens is 344 g/mol. The third-order valence-electron chi connectivity index (χ3n) is 3.56. The molecule has 0 unspecified atom stereocenters. The molecule has 0 atom stereocenters. The number of aromatic nitrogens is 1. The van der Waals surface area contributed by atoms with Gasteiger partial charge in [-0.15, -0.1) is 23.1 Å². The molecule has 0 spiro atoms. The quantitative estimate of drug-likeness (QED) is 0.526.